The van der Waals surface area contributed by atoms with Gasteiger partial charge in [0.25, 0.3) is 0 Å². The molecule has 2 heterocycles. The lowest BCUT2D eigenvalue weighted by atomic mass is 9.93. The summed E-state index contributed by atoms with van der Waals surface area (Å²) in [7, 11) is -2.49. The van der Waals surface area contributed by atoms with Crippen LogP contribution in [0.3, 0.4) is 0 Å². The molecule has 10 nitrogen and oxygen atoms in total. The highest BCUT2D eigenvalue weighted by Gasteiger charge is 2.49. The third-order valence-electron chi connectivity index (χ3n) is 7.33. The smallest absolute Gasteiger partial charge is 0.407 e. The Balaban J connectivity index is 1.66. The summed E-state index contributed by atoms with van der Waals surface area (Å²) in [4.78, 5) is 14.1. The Morgan fingerprint density at radius 1 is 1.08 bits per heavy atom. The number of nitrogens with zero attached hydrogens (tertiary/aromatic N) is 2. The van der Waals surface area contributed by atoms with Crippen molar-refractivity contribution in [1.29, 1.82) is 0 Å². The van der Waals surface area contributed by atoms with E-state index in [4.69, 9.17) is 14.2 Å². The van der Waals surface area contributed by atoms with Crippen molar-refractivity contribution < 1.29 is 37.6 Å². The summed E-state index contributed by atoms with van der Waals surface area (Å²) in [5.74, 6) is 0.340. The number of fused-ring (bicyclic) bond motifs is 1. The standard InChI is InChI=1S/C28H38N2O8S/c1-19(2)16-29(39(34,35)22-11-9-21(36-3)10-12-22)17-26(31)24(15-20-7-5-4-6-8-20)30(28(32)33)25-18-38-27-23(25)13-14-37-27/h4-12,19,23-27,31H,13-18H2,1-3H3,(H,32,33)/t23?,24-,25?,26+,27?/m0/s1. The van der Waals surface area contributed by atoms with Gasteiger partial charge >= 0.3 is 6.09 Å². The van der Waals surface area contributed by atoms with E-state index in [0.717, 1.165) is 5.56 Å². The van der Waals surface area contributed by atoms with E-state index in [9.17, 15) is 23.4 Å². The van der Waals surface area contributed by atoms with E-state index < -0.39 is 40.6 Å². The normalized spacial score (nSPS) is 22.6. The summed E-state index contributed by atoms with van der Waals surface area (Å²) in [5.41, 5.74) is 0.833. The number of amides is 1. The van der Waals surface area contributed by atoms with Gasteiger partial charge in [-0.2, -0.15) is 4.31 Å². The van der Waals surface area contributed by atoms with Crippen molar-refractivity contribution in [2.24, 2.45) is 11.8 Å². The number of benzene rings is 2. The SMILES string of the molecule is COc1ccc(S(=O)(=O)N(CC(C)C)C[C@@H](O)[C@H](Cc2ccccc2)N(C(=O)O)C2COC3OCCC32)cc1. The van der Waals surface area contributed by atoms with Crippen molar-refractivity contribution in [3.05, 3.63) is 60.2 Å². The average Bonchev–Trinajstić information content (AvgIpc) is 3.53. The second-order valence-corrected chi connectivity index (χ2v) is 12.4. The molecule has 0 aliphatic carbocycles. The third kappa shape index (κ3) is 6.72. The number of hydrogen-bond donors (Lipinski definition) is 2. The first-order chi connectivity index (χ1) is 18.6. The maximum atomic E-state index is 13.7. The number of ether oxygens (including phenoxy) is 3. The first-order valence-corrected chi connectivity index (χ1v) is 14.7. The molecule has 0 saturated carbocycles. The minimum atomic E-state index is -3.99. The zero-order chi connectivity index (χ0) is 28.2. The van der Waals surface area contributed by atoms with Gasteiger partial charge in [-0.3, -0.25) is 4.90 Å². The minimum Gasteiger partial charge on any atom is -0.497 e. The van der Waals surface area contributed by atoms with Gasteiger partial charge in [-0.1, -0.05) is 44.2 Å². The Hall–Kier alpha value is -2.70. The molecule has 0 spiro atoms. The van der Waals surface area contributed by atoms with Crippen molar-refractivity contribution in [3.8, 4) is 5.75 Å². The van der Waals surface area contributed by atoms with Gasteiger partial charge in [0.2, 0.25) is 10.0 Å². The van der Waals surface area contributed by atoms with Gasteiger partial charge in [0.15, 0.2) is 6.29 Å². The van der Waals surface area contributed by atoms with Crippen LogP contribution >= 0.6 is 0 Å². The van der Waals surface area contributed by atoms with Crippen LogP contribution < -0.4 is 4.74 Å². The molecule has 0 radical (unpaired) electrons. The predicted molar refractivity (Wildman–Crippen MR) is 144 cm³/mol. The van der Waals surface area contributed by atoms with E-state index >= 15 is 0 Å². The van der Waals surface area contributed by atoms with Gasteiger partial charge < -0.3 is 24.4 Å². The molecule has 3 unspecified atom stereocenters. The van der Waals surface area contributed by atoms with Gasteiger partial charge in [0.05, 0.1) is 43.4 Å². The fourth-order valence-electron chi connectivity index (χ4n) is 5.44. The Morgan fingerprint density at radius 2 is 1.77 bits per heavy atom. The molecular weight excluding hydrogens is 524 g/mol. The van der Waals surface area contributed by atoms with Crippen LogP contribution in [-0.4, -0.2) is 91.8 Å². The van der Waals surface area contributed by atoms with Crippen molar-refractivity contribution in [3.63, 3.8) is 0 Å². The maximum absolute atomic E-state index is 13.7. The second-order valence-electron chi connectivity index (χ2n) is 10.5. The zero-order valence-corrected chi connectivity index (χ0v) is 23.4. The van der Waals surface area contributed by atoms with Crippen molar-refractivity contribution in [1.82, 2.24) is 9.21 Å². The lowest BCUT2D eigenvalue weighted by Gasteiger charge is -2.39. The molecule has 2 saturated heterocycles. The molecule has 2 aliphatic heterocycles. The van der Waals surface area contributed by atoms with Gasteiger partial charge in [-0.05, 0) is 48.6 Å². The van der Waals surface area contributed by atoms with Crippen molar-refractivity contribution in [2.75, 3.05) is 33.4 Å². The topological polar surface area (TPSA) is 126 Å². The summed E-state index contributed by atoms with van der Waals surface area (Å²) in [5, 5.41) is 22.1. The van der Waals surface area contributed by atoms with Gasteiger partial charge in [-0.15, -0.1) is 0 Å². The maximum Gasteiger partial charge on any atom is 0.407 e. The van der Waals surface area contributed by atoms with E-state index in [-0.39, 0.29) is 42.8 Å². The summed E-state index contributed by atoms with van der Waals surface area (Å²) in [6.07, 6.45) is -2.11. The Morgan fingerprint density at radius 3 is 2.38 bits per heavy atom. The Bertz CT molecular complexity index is 1190. The predicted octanol–water partition coefficient (Wildman–Crippen LogP) is 3.06. The number of sulfonamides is 1. The van der Waals surface area contributed by atoms with Crippen LogP contribution in [0.2, 0.25) is 0 Å². The van der Waals surface area contributed by atoms with Gasteiger partial charge in [0.1, 0.15) is 5.75 Å². The molecule has 11 heteroatoms. The molecular formula is C28H38N2O8S. The van der Waals surface area contributed by atoms with Gasteiger partial charge in [-0.25, -0.2) is 13.2 Å². The molecule has 214 valence electrons. The van der Waals surface area contributed by atoms with Crippen LogP contribution in [-0.2, 0) is 25.9 Å². The summed E-state index contributed by atoms with van der Waals surface area (Å²) in [6.45, 7) is 4.30. The highest BCUT2D eigenvalue weighted by Crippen LogP contribution is 2.36. The van der Waals surface area contributed by atoms with Crippen LogP contribution in [0, 0.1) is 11.8 Å². The van der Waals surface area contributed by atoms with E-state index in [1.54, 1.807) is 12.1 Å². The molecule has 39 heavy (non-hydrogen) atoms. The second kappa shape index (κ2) is 12.6. The molecule has 2 N–H and O–H groups in total. The van der Waals surface area contributed by atoms with E-state index in [1.807, 2.05) is 44.2 Å². The largest absolute Gasteiger partial charge is 0.497 e. The van der Waals surface area contributed by atoms with Crippen LogP contribution in [0.4, 0.5) is 4.79 Å². The highest BCUT2D eigenvalue weighted by atomic mass is 32.2. The molecule has 1 amide bonds. The molecule has 2 aliphatic rings. The first-order valence-electron chi connectivity index (χ1n) is 13.2. The van der Waals surface area contributed by atoms with E-state index in [0.29, 0.717) is 18.8 Å². The number of carboxylic acid groups (broad SMARTS) is 1. The van der Waals surface area contributed by atoms with Gasteiger partial charge in [0, 0.05) is 19.0 Å². The third-order valence-corrected chi connectivity index (χ3v) is 9.18. The molecule has 5 atom stereocenters. The van der Waals surface area contributed by atoms with E-state index in [1.165, 1.54) is 28.4 Å². The fourth-order valence-corrected chi connectivity index (χ4v) is 7.06. The number of carbonyl (C=O) groups is 1. The number of hydrogen-bond acceptors (Lipinski definition) is 7. The minimum absolute atomic E-state index is 0.0343. The quantitative estimate of drug-likeness (QED) is 0.404. The van der Waals surface area contributed by atoms with Crippen molar-refractivity contribution >= 4 is 16.1 Å². The number of aliphatic hydroxyl groups is 1. The number of rotatable bonds is 12. The summed E-state index contributed by atoms with van der Waals surface area (Å²) < 4.78 is 45.2. The monoisotopic (exact) mass is 562 g/mol. The van der Waals surface area contributed by atoms with Crippen LogP contribution in [0.1, 0.15) is 25.8 Å². The Kier molecular flexibility index (Phi) is 9.50. The highest BCUT2D eigenvalue weighted by molar-refractivity contribution is 7.89. The van der Waals surface area contributed by atoms with Crippen molar-refractivity contribution in [2.45, 2.75) is 56.1 Å². The number of methoxy groups -OCH3 is 1. The molecule has 0 bridgehead atoms. The lowest BCUT2D eigenvalue weighted by Crippen LogP contribution is -2.57. The molecule has 2 aromatic rings. The lowest BCUT2D eigenvalue weighted by molar-refractivity contribution is -0.0906. The first kappa shape index (κ1) is 29.3. The summed E-state index contributed by atoms with van der Waals surface area (Å²) in [6, 6.07) is 13.9. The van der Waals surface area contributed by atoms with Crippen LogP contribution in [0.15, 0.2) is 59.5 Å². The number of aliphatic hydroxyl groups excluding tert-OH is 1. The zero-order valence-electron chi connectivity index (χ0n) is 22.5. The van der Waals surface area contributed by atoms with Crippen LogP contribution in [0.5, 0.6) is 5.75 Å². The average molecular weight is 563 g/mol. The molecule has 2 fully saturated rings. The fraction of sp³-hybridized carbons (Fsp3) is 0.536. The molecule has 4 rings (SSSR count). The molecule has 2 aromatic carbocycles. The Labute approximate surface area is 230 Å². The van der Waals surface area contributed by atoms with E-state index in [2.05, 4.69) is 0 Å². The summed E-state index contributed by atoms with van der Waals surface area (Å²) >= 11 is 0. The molecule has 0 aromatic heterocycles. The van der Waals surface area contributed by atoms with Crippen LogP contribution in [0.25, 0.3) is 0 Å².